The molecule has 3 nitrogen and oxygen atoms in total. The van der Waals surface area contributed by atoms with Crippen molar-refractivity contribution in [1.29, 1.82) is 0 Å². The second-order valence-corrected chi connectivity index (χ2v) is 7.66. The van der Waals surface area contributed by atoms with E-state index in [9.17, 15) is 0 Å². The third-order valence-corrected chi connectivity index (χ3v) is 5.35. The van der Waals surface area contributed by atoms with Crippen molar-refractivity contribution in [3.8, 4) is 11.5 Å². The Bertz CT molecular complexity index is 1160. The van der Waals surface area contributed by atoms with Crippen molar-refractivity contribution in [2.24, 2.45) is 4.99 Å². The van der Waals surface area contributed by atoms with E-state index in [1.807, 2.05) is 55.6 Å². The molecule has 0 bridgehead atoms. The Balaban J connectivity index is 1.44. The molecule has 0 saturated heterocycles. The van der Waals surface area contributed by atoms with E-state index in [4.69, 9.17) is 9.47 Å². The topological polar surface area (TPSA) is 30.8 Å². The van der Waals surface area contributed by atoms with Crippen LogP contribution in [-0.4, -0.2) is 12.8 Å². The molecule has 0 aromatic heterocycles. The van der Waals surface area contributed by atoms with Gasteiger partial charge >= 0.3 is 0 Å². The summed E-state index contributed by atoms with van der Waals surface area (Å²) in [5.41, 5.74) is 3.04. The molecular weight excluding hydrogens is 438 g/mol. The maximum atomic E-state index is 6.08. The van der Waals surface area contributed by atoms with Crippen LogP contribution in [0.1, 0.15) is 18.1 Å². The highest BCUT2D eigenvalue weighted by Crippen LogP contribution is 2.28. The van der Waals surface area contributed by atoms with E-state index >= 15 is 0 Å². The van der Waals surface area contributed by atoms with Crippen molar-refractivity contribution >= 4 is 38.6 Å². The molecule has 4 heteroatoms. The normalized spacial score (nSPS) is 11.1. The number of fused-ring (bicyclic) bond motifs is 1. The van der Waals surface area contributed by atoms with Gasteiger partial charge in [-0.1, -0.05) is 42.5 Å². The number of halogens is 1. The average molecular weight is 460 g/mol. The summed E-state index contributed by atoms with van der Waals surface area (Å²) in [5.74, 6) is 1.66. The van der Waals surface area contributed by atoms with Crippen LogP contribution in [0.15, 0.2) is 94.4 Å². The minimum absolute atomic E-state index is 0.513. The highest BCUT2D eigenvalue weighted by molar-refractivity contribution is 9.10. The second-order valence-electron chi connectivity index (χ2n) is 6.80. The fraction of sp³-hybridized carbons (Fsp3) is 0.115. The molecule has 30 heavy (non-hydrogen) atoms. The Morgan fingerprint density at radius 3 is 2.47 bits per heavy atom. The van der Waals surface area contributed by atoms with Crippen molar-refractivity contribution in [3.05, 3.63) is 101 Å². The molecule has 0 saturated carbocycles. The molecule has 0 fully saturated rings. The van der Waals surface area contributed by atoms with Crippen LogP contribution in [0.2, 0.25) is 0 Å². The Kier molecular flexibility index (Phi) is 6.45. The fourth-order valence-corrected chi connectivity index (χ4v) is 3.74. The van der Waals surface area contributed by atoms with Crippen LogP contribution in [0, 0.1) is 0 Å². The van der Waals surface area contributed by atoms with Gasteiger partial charge in [0.1, 0.15) is 18.1 Å². The van der Waals surface area contributed by atoms with Gasteiger partial charge in [0.15, 0.2) is 0 Å². The number of hydrogen-bond donors (Lipinski definition) is 0. The van der Waals surface area contributed by atoms with E-state index < -0.39 is 0 Å². The predicted molar refractivity (Wildman–Crippen MR) is 127 cm³/mol. The van der Waals surface area contributed by atoms with Gasteiger partial charge in [-0.2, -0.15) is 0 Å². The van der Waals surface area contributed by atoms with E-state index in [0.29, 0.717) is 13.2 Å². The van der Waals surface area contributed by atoms with Crippen molar-refractivity contribution in [1.82, 2.24) is 0 Å². The number of aliphatic imine (C=N–C) groups is 1. The van der Waals surface area contributed by atoms with Crippen molar-refractivity contribution in [2.75, 3.05) is 6.61 Å². The molecule has 0 atom stereocenters. The van der Waals surface area contributed by atoms with Gasteiger partial charge in [-0.25, -0.2) is 0 Å². The molecule has 0 N–H and O–H groups in total. The van der Waals surface area contributed by atoms with Crippen LogP contribution in [0.4, 0.5) is 5.69 Å². The molecule has 4 rings (SSSR count). The second kappa shape index (κ2) is 9.59. The average Bonchev–Trinajstić information content (AvgIpc) is 2.78. The van der Waals surface area contributed by atoms with Crippen LogP contribution in [0.25, 0.3) is 10.8 Å². The summed E-state index contributed by atoms with van der Waals surface area (Å²) in [4.78, 5) is 4.53. The van der Waals surface area contributed by atoms with E-state index in [-0.39, 0.29) is 0 Å². The molecule has 0 spiro atoms. The minimum atomic E-state index is 0.513. The monoisotopic (exact) mass is 459 g/mol. The SMILES string of the molecule is CCOc1ccc(N=Cc2ccc(OCc3cccc4ccccc34)c(Br)c2)cc1. The smallest absolute Gasteiger partial charge is 0.134 e. The highest BCUT2D eigenvalue weighted by atomic mass is 79.9. The quantitative estimate of drug-likeness (QED) is 0.270. The maximum absolute atomic E-state index is 6.08. The molecule has 4 aromatic rings. The first-order valence-corrected chi connectivity index (χ1v) is 10.7. The molecule has 0 unspecified atom stereocenters. The Morgan fingerprint density at radius 2 is 1.67 bits per heavy atom. The summed E-state index contributed by atoms with van der Waals surface area (Å²) in [7, 11) is 0. The minimum Gasteiger partial charge on any atom is -0.494 e. The lowest BCUT2D eigenvalue weighted by Crippen LogP contribution is -1.97. The van der Waals surface area contributed by atoms with Gasteiger partial charge in [-0.3, -0.25) is 4.99 Å². The molecule has 0 aliphatic heterocycles. The van der Waals surface area contributed by atoms with Gasteiger partial charge in [-0.05, 0) is 87.2 Å². The largest absolute Gasteiger partial charge is 0.494 e. The molecule has 0 aliphatic rings. The number of ether oxygens (including phenoxy) is 2. The molecule has 0 radical (unpaired) electrons. The van der Waals surface area contributed by atoms with Crippen LogP contribution in [-0.2, 0) is 6.61 Å². The molecule has 150 valence electrons. The maximum Gasteiger partial charge on any atom is 0.134 e. The summed E-state index contributed by atoms with van der Waals surface area (Å²) in [6, 6.07) is 28.4. The Hall–Kier alpha value is -3.11. The summed E-state index contributed by atoms with van der Waals surface area (Å²) >= 11 is 3.62. The van der Waals surface area contributed by atoms with Crippen molar-refractivity contribution < 1.29 is 9.47 Å². The van der Waals surface area contributed by atoms with Gasteiger partial charge in [0, 0.05) is 6.21 Å². The first kappa shape index (κ1) is 20.2. The van der Waals surface area contributed by atoms with Crippen LogP contribution in [0.5, 0.6) is 11.5 Å². The van der Waals surface area contributed by atoms with Crippen molar-refractivity contribution in [3.63, 3.8) is 0 Å². The molecule has 0 heterocycles. The Morgan fingerprint density at radius 1 is 0.867 bits per heavy atom. The van der Waals surface area contributed by atoms with Gasteiger partial charge in [0.05, 0.1) is 16.8 Å². The van der Waals surface area contributed by atoms with E-state index in [0.717, 1.165) is 27.2 Å². The number of benzene rings is 4. The van der Waals surface area contributed by atoms with Gasteiger partial charge in [0.2, 0.25) is 0 Å². The predicted octanol–water partition coefficient (Wildman–Crippen LogP) is 7.33. The first-order chi connectivity index (χ1) is 14.7. The summed E-state index contributed by atoms with van der Waals surface area (Å²) in [6.45, 7) is 3.14. The molecular formula is C26H22BrNO2. The molecule has 0 amide bonds. The zero-order valence-corrected chi connectivity index (χ0v) is 18.3. The van der Waals surface area contributed by atoms with Gasteiger partial charge in [0.25, 0.3) is 0 Å². The number of nitrogens with zero attached hydrogens (tertiary/aromatic N) is 1. The first-order valence-electron chi connectivity index (χ1n) is 9.89. The summed E-state index contributed by atoms with van der Waals surface area (Å²) < 4.78 is 12.4. The van der Waals surface area contributed by atoms with Crippen LogP contribution < -0.4 is 9.47 Å². The zero-order valence-electron chi connectivity index (χ0n) is 16.7. The fourth-order valence-electron chi connectivity index (χ4n) is 3.23. The van der Waals surface area contributed by atoms with E-state index in [2.05, 4.69) is 63.4 Å². The Labute approximate surface area is 185 Å². The van der Waals surface area contributed by atoms with E-state index in [1.54, 1.807) is 0 Å². The summed E-state index contributed by atoms with van der Waals surface area (Å²) in [6.07, 6.45) is 1.84. The highest BCUT2D eigenvalue weighted by Gasteiger charge is 2.05. The van der Waals surface area contributed by atoms with Crippen LogP contribution in [0.3, 0.4) is 0 Å². The molecule has 0 aliphatic carbocycles. The van der Waals surface area contributed by atoms with Gasteiger partial charge in [-0.15, -0.1) is 0 Å². The lowest BCUT2D eigenvalue weighted by Gasteiger charge is -2.11. The standard InChI is InChI=1S/C26H22BrNO2/c1-2-29-23-13-11-22(12-14-23)28-17-19-10-15-26(25(27)16-19)30-18-21-8-5-7-20-6-3-4-9-24(20)21/h3-17H,2,18H2,1H3. The van der Waals surface area contributed by atoms with E-state index in [1.165, 1.54) is 16.3 Å². The van der Waals surface area contributed by atoms with Crippen molar-refractivity contribution in [2.45, 2.75) is 13.5 Å². The van der Waals surface area contributed by atoms with Gasteiger partial charge < -0.3 is 9.47 Å². The zero-order chi connectivity index (χ0) is 20.8. The number of rotatable bonds is 7. The lowest BCUT2D eigenvalue weighted by molar-refractivity contribution is 0.305. The third-order valence-electron chi connectivity index (χ3n) is 4.73. The van der Waals surface area contributed by atoms with Crippen LogP contribution >= 0.6 is 15.9 Å². The molecule has 4 aromatic carbocycles. The lowest BCUT2D eigenvalue weighted by atomic mass is 10.1. The number of hydrogen-bond acceptors (Lipinski definition) is 3. The summed E-state index contributed by atoms with van der Waals surface area (Å²) in [5, 5.41) is 2.44. The third kappa shape index (κ3) is 4.89.